The van der Waals surface area contributed by atoms with Crippen LogP contribution in [0.1, 0.15) is 234 Å². The standard InChI is InChI=1S/C30H54O7.C15H28O4/c1-5-7-9-11-13-15-17-19-21-23-27(31)35-25(3)29(33)37-30(34)26(4)36-28(32)24-22-20-18-16-14-12-10-8-6-2;1-3-4-5-6-7-8-9-10-11-12-14(16)19-13(2)15(17)18/h25-26H,5-24H2,1-4H3;13H,3-12H2,1-2H3,(H,17,18). The van der Waals surface area contributed by atoms with Crippen LogP contribution in [0.2, 0.25) is 0 Å². The van der Waals surface area contributed by atoms with Gasteiger partial charge in [0, 0.05) is 19.3 Å². The second kappa shape index (κ2) is 40.2. The molecule has 0 aromatic heterocycles. The molecule has 0 aromatic rings. The number of carbonyl (C=O) groups excluding carboxylic acids is 5. The van der Waals surface area contributed by atoms with Gasteiger partial charge in [0.15, 0.2) is 18.3 Å². The maximum absolute atomic E-state index is 12.1. The molecule has 11 nitrogen and oxygen atoms in total. The molecule has 56 heavy (non-hydrogen) atoms. The normalized spacial score (nSPS) is 12.4. The van der Waals surface area contributed by atoms with E-state index in [1.807, 2.05) is 0 Å². The number of carbonyl (C=O) groups is 6. The summed E-state index contributed by atoms with van der Waals surface area (Å²) >= 11 is 0. The molecule has 0 saturated heterocycles. The Labute approximate surface area is 340 Å². The number of hydrogen-bond acceptors (Lipinski definition) is 10. The van der Waals surface area contributed by atoms with E-state index in [1.165, 1.54) is 136 Å². The Morgan fingerprint density at radius 2 is 0.571 bits per heavy atom. The zero-order chi connectivity index (χ0) is 42.2. The summed E-state index contributed by atoms with van der Waals surface area (Å²) in [5, 5.41) is 8.58. The Hall–Kier alpha value is -2.98. The Kier molecular flexibility index (Phi) is 39.6. The second-order valence-electron chi connectivity index (χ2n) is 15.2. The molecule has 0 fully saturated rings. The molecule has 3 atom stereocenters. The van der Waals surface area contributed by atoms with Gasteiger partial charge in [0.05, 0.1) is 0 Å². The molecule has 0 amide bonds. The highest BCUT2D eigenvalue weighted by atomic mass is 16.6. The van der Waals surface area contributed by atoms with E-state index in [4.69, 9.17) is 24.1 Å². The van der Waals surface area contributed by atoms with Gasteiger partial charge >= 0.3 is 35.8 Å². The van der Waals surface area contributed by atoms with Crippen molar-refractivity contribution in [1.29, 1.82) is 0 Å². The van der Waals surface area contributed by atoms with Crippen LogP contribution in [-0.4, -0.2) is 59.2 Å². The van der Waals surface area contributed by atoms with Gasteiger partial charge in [-0.15, -0.1) is 0 Å². The first-order valence-corrected chi connectivity index (χ1v) is 22.5. The lowest BCUT2D eigenvalue weighted by atomic mass is 10.1. The van der Waals surface area contributed by atoms with E-state index in [0.717, 1.165) is 44.9 Å². The molecule has 0 aliphatic heterocycles. The molecule has 0 spiro atoms. The maximum Gasteiger partial charge on any atom is 0.354 e. The monoisotopic (exact) mass is 799 g/mol. The number of esters is 5. The third-order valence-corrected chi connectivity index (χ3v) is 9.59. The van der Waals surface area contributed by atoms with Gasteiger partial charge in [0.1, 0.15) is 0 Å². The summed E-state index contributed by atoms with van der Waals surface area (Å²) in [5.74, 6) is -4.40. The molecule has 0 rings (SSSR count). The predicted molar refractivity (Wildman–Crippen MR) is 221 cm³/mol. The fourth-order valence-corrected chi connectivity index (χ4v) is 5.92. The number of unbranched alkanes of at least 4 members (excludes halogenated alkanes) is 24. The summed E-state index contributed by atoms with van der Waals surface area (Å²) < 4.78 is 19.7. The molecule has 0 aliphatic rings. The first-order chi connectivity index (χ1) is 26.9. The summed E-state index contributed by atoms with van der Waals surface area (Å²) in [6.07, 6.45) is 28.5. The lowest BCUT2D eigenvalue weighted by molar-refractivity contribution is -0.180. The van der Waals surface area contributed by atoms with Crippen LogP contribution in [0.25, 0.3) is 0 Å². The van der Waals surface area contributed by atoms with Gasteiger partial charge in [-0.05, 0) is 40.0 Å². The van der Waals surface area contributed by atoms with E-state index >= 15 is 0 Å². The van der Waals surface area contributed by atoms with Gasteiger partial charge in [0.2, 0.25) is 0 Å². The van der Waals surface area contributed by atoms with Gasteiger partial charge in [-0.25, -0.2) is 14.4 Å². The molecule has 0 heterocycles. The van der Waals surface area contributed by atoms with Gasteiger partial charge in [-0.1, -0.05) is 175 Å². The van der Waals surface area contributed by atoms with Crippen molar-refractivity contribution in [2.45, 2.75) is 252 Å². The first kappa shape index (κ1) is 55.1. The fourth-order valence-electron chi connectivity index (χ4n) is 5.92. The van der Waals surface area contributed by atoms with Crippen LogP contribution in [0.3, 0.4) is 0 Å². The molecule has 0 aliphatic carbocycles. The van der Waals surface area contributed by atoms with Crippen LogP contribution in [0.15, 0.2) is 0 Å². The molecule has 0 saturated carbocycles. The molecule has 0 bridgehead atoms. The van der Waals surface area contributed by atoms with Gasteiger partial charge in [-0.2, -0.15) is 0 Å². The zero-order valence-corrected chi connectivity index (χ0v) is 36.5. The molecule has 328 valence electrons. The molecule has 0 aromatic carbocycles. The Morgan fingerprint density at radius 1 is 0.357 bits per heavy atom. The number of carboxylic acid groups (broad SMARTS) is 1. The summed E-state index contributed by atoms with van der Waals surface area (Å²) in [6, 6.07) is 0. The Balaban J connectivity index is 0. The van der Waals surface area contributed by atoms with Crippen LogP contribution in [0.5, 0.6) is 0 Å². The van der Waals surface area contributed by atoms with E-state index in [0.29, 0.717) is 19.3 Å². The summed E-state index contributed by atoms with van der Waals surface area (Å²) in [6.45, 7) is 10.7. The molecule has 3 unspecified atom stereocenters. The van der Waals surface area contributed by atoms with Crippen LogP contribution in [-0.2, 0) is 47.7 Å². The van der Waals surface area contributed by atoms with E-state index in [9.17, 15) is 28.8 Å². The topological polar surface area (TPSA) is 160 Å². The lowest BCUT2D eigenvalue weighted by Gasteiger charge is -2.15. The molecule has 11 heteroatoms. The summed E-state index contributed by atoms with van der Waals surface area (Å²) in [5.41, 5.74) is 0. The zero-order valence-electron chi connectivity index (χ0n) is 36.5. The van der Waals surface area contributed by atoms with Crippen LogP contribution in [0.4, 0.5) is 0 Å². The van der Waals surface area contributed by atoms with Crippen molar-refractivity contribution >= 4 is 35.8 Å². The van der Waals surface area contributed by atoms with E-state index < -0.39 is 54.1 Å². The van der Waals surface area contributed by atoms with Crippen molar-refractivity contribution in [2.75, 3.05) is 0 Å². The maximum atomic E-state index is 12.1. The third-order valence-electron chi connectivity index (χ3n) is 9.59. The van der Waals surface area contributed by atoms with Gasteiger partial charge < -0.3 is 24.1 Å². The van der Waals surface area contributed by atoms with Crippen molar-refractivity contribution in [1.82, 2.24) is 0 Å². The Bertz CT molecular complexity index is 960. The van der Waals surface area contributed by atoms with Crippen molar-refractivity contribution in [2.24, 2.45) is 0 Å². The van der Waals surface area contributed by atoms with Crippen LogP contribution in [0, 0.1) is 0 Å². The smallest absolute Gasteiger partial charge is 0.354 e. The van der Waals surface area contributed by atoms with Crippen LogP contribution >= 0.6 is 0 Å². The molecule has 1 N–H and O–H groups in total. The van der Waals surface area contributed by atoms with Crippen molar-refractivity contribution < 1.29 is 52.8 Å². The lowest BCUT2D eigenvalue weighted by Crippen LogP contribution is -2.33. The SMILES string of the molecule is CCCCCCCCCCCC(=O)OC(C)C(=O)O.CCCCCCCCCCCC(=O)OC(C)C(=O)OC(=O)C(C)OC(=O)CCCCCCCCCCC. The number of rotatable bonds is 36. The second-order valence-corrected chi connectivity index (χ2v) is 15.2. The molecular formula is C45H82O11. The van der Waals surface area contributed by atoms with Gasteiger partial charge in [-0.3, -0.25) is 14.4 Å². The minimum absolute atomic E-state index is 0.230. The average molecular weight is 799 g/mol. The van der Waals surface area contributed by atoms with E-state index in [1.54, 1.807) is 0 Å². The summed E-state index contributed by atoms with van der Waals surface area (Å²) in [4.78, 5) is 69.9. The largest absolute Gasteiger partial charge is 0.479 e. The highest BCUT2D eigenvalue weighted by Crippen LogP contribution is 2.14. The quantitative estimate of drug-likeness (QED) is 0.0278. The minimum atomic E-state index is -1.19. The van der Waals surface area contributed by atoms with Crippen molar-refractivity contribution in [3.05, 3.63) is 0 Å². The number of aliphatic carboxylic acids is 1. The molecule has 0 radical (unpaired) electrons. The van der Waals surface area contributed by atoms with Crippen LogP contribution < -0.4 is 0 Å². The van der Waals surface area contributed by atoms with Gasteiger partial charge in [0.25, 0.3) is 0 Å². The number of hydrogen-bond donors (Lipinski definition) is 1. The van der Waals surface area contributed by atoms with Crippen molar-refractivity contribution in [3.63, 3.8) is 0 Å². The third kappa shape index (κ3) is 37.9. The Morgan fingerprint density at radius 3 is 0.804 bits per heavy atom. The highest BCUT2D eigenvalue weighted by Gasteiger charge is 2.27. The minimum Gasteiger partial charge on any atom is -0.479 e. The first-order valence-electron chi connectivity index (χ1n) is 22.5. The average Bonchev–Trinajstić information content (AvgIpc) is 3.16. The molecular weight excluding hydrogens is 716 g/mol. The fraction of sp³-hybridized carbons (Fsp3) is 0.867. The number of carboxylic acids is 1. The summed E-state index contributed by atoms with van der Waals surface area (Å²) in [7, 11) is 0. The van der Waals surface area contributed by atoms with E-state index in [-0.39, 0.29) is 12.8 Å². The number of ether oxygens (including phenoxy) is 4. The highest BCUT2D eigenvalue weighted by molar-refractivity contribution is 5.91. The van der Waals surface area contributed by atoms with E-state index in [2.05, 4.69) is 20.8 Å². The predicted octanol–water partition coefficient (Wildman–Crippen LogP) is 11.7. The van der Waals surface area contributed by atoms with Crippen molar-refractivity contribution in [3.8, 4) is 0 Å².